The molecule has 0 saturated heterocycles. The average Bonchev–Trinajstić information content (AvgIpc) is 3.33. The number of hydrogen-bond acceptors (Lipinski definition) is 7. The minimum atomic E-state index is -1.53. The van der Waals surface area contributed by atoms with Crippen LogP contribution in [0.25, 0.3) is 0 Å². The van der Waals surface area contributed by atoms with Crippen LogP contribution in [-0.4, -0.2) is 87.4 Å². The summed E-state index contributed by atoms with van der Waals surface area (Å²) in [7, 11) is 5.93. The number of carbonyl (C=O) groups is 3. The van der Waals surface area contributed by atoms with Gasteiger partial charge in [0.05, 0.1) is 34.4 Å². The molecule has 0 aliphatic carbocycles. The van der Waals surface area contributed by atoms with Gasteiger partial charge in [-0.25, -0.2) is 4.79 Å². The van der Waals surface area contributed by atoms with Gasteiger partial charge in [0.15, 0.2) is 6.10 Å². The van der Waals surface area contributed by atoms with Gasteiger partial charge in [0.1, 0.15) is 13.2 Å². The first-order chi connectivity index (χ1) is 34.1. The van der Waals surface area contributed by atoms with E-state index in [1.807, 2.05) is 21.1 Å². The molecule has 396 valence electrons. The number of unbranched alkanes of at least 4 members (excludes halogenated alkanes) is 13. The Morgan fingerprint density at radius 2 is 0.814 bits per heavy atom. The fourth-order valence-electron chi connectivity index (χ4n) is 6.76. The van der Waals surface area contributed by atoms with E-state index >= 15 is 0 Å². The van der Waals surface area contributed by atoms with Crippen LogP contribution in [0.1, 0.15) is 187 Å². The second kappa shape index (κ2) is 51.1. The number of carboxylic acids is 1. The van der Waals surface area contributed by atoms with Crippen molar-refractivity contribution in [1.29, 1.82) is 0 Å². The number of ether oxygens (including phenoxy) is 4. The Labute approximate surface area is 427 Å². The SMILES string of the molecule is CC/C=C\C/C=C\C/C=C\C/C=C\C/C=C\C/C=C\C/C=C\C/C=C\CCCCC(=O)OC(COC(=O)CCCCCCCCC/C=C\C/C=C\CCCCCC)COC(OCC[N+](C)(C)C)C(=O)O. The van der Waals surface area contributed by atoms with Crippen molar-refractivity contribution in [2.75, 3.05) is 47.5 Å². The van der Waals surface area contributed by atoms with Crippen molar-refractivity contribution in [3.8, 4) is 0 Å². The third-order valence-corrected chi connectivity index (χ3v) is 11.0. The maximum Gasteiger partial charge on any atom is 0.361 e. The van der Waals surface area contributed by atoms with Gasteiger partial charge in [0, 0.05) is 12.8 Å². The number of carbonyl (C=O) groups excluding carboxylic acids is 2. The van der Waals surface area contributed by atoms with Gasteiger partial charge in [-0.3, -0.25) is 9.59 Å². The summed E-state index contributed by atoms with van der Waals surface area (Å²) in [6.07, 6.45) is 68.4. The maximum atomic E-state index is 12.8. The minimum Gasteiger partial charge on any atom is -0.477 e. The van der Waals surface area contributed by atoms with E-state index in [2.05, 4.69) is 135 Å². The van der Waals surface area contributed by atoms with E-state index in [0.717, 1.165) is 103 Å². The molecule has 0 fully saturated rings. The summed E-state index contributed by atoms with van der Waals surface area (Å²) in [5, 5.41) is 9.68. The molecular weight excluding hydrogens is 875 g/mol. The number of allylic oxidation sites excluding steroid dienone is 20. The van der Waals surface area contributed by atoms with E-state index in [1.165, 1.54) is 51.4 Å². The van der Waals surface area contributed by atoms with Gasteiger partial charge in [-0.05, 0) is 109 Å². The lowest BCUT2D eigenvalue weighted by molar-refractivity contribution is -0.870. The van der Waals surface area contributed by atoms with Crippen LogP contribution >= 0.6 is 0 Å². The van der Waals surface area contributed by atoms with E-state index < -0.39 is 24.3 Å². The van der Waals surface area contributed by atoms with Gasteiger partial charge in [0.25, 0.3) is 6.29 Å². The van der Waals surface area contributed by atoms with Crippen molar-refractivity contribution in [1.82, 2.24) is 0 Å². The number of carboxylic acid groups (broad SMARTS) is 1. The predicted octanol–water partition coefficient (Wildman–Crippen LogP) is 15.7. The van der Waals surface area contributed by atoms with Gasteiger partial charge in [0.2, 0.25) is 0 Å². The molecule has 0 rings (SSSR count). The van der Waals surface area contributed by atoms with Crippen molar-refractivity contribution < 1.29 is 42.9 Å². The zero-order valence-electron chi connectivity index (χ0n) is 44.9. The van der Waals surface area contributed by atoms with E-state index in [1.54, 1.807) is 0 Å². The Bertz CT molecular complexity index is 1560. The molecule has 0 aromatic heterocycles. The molecule has 0 aliphatic heterocycles. The van der Waals surface area contributed by atoms with E-state index in [9.17, 15) is 19.5 Å². The standard InChI is InChI=1S/C61H99NO8/c1-6-8-10-12-14-16-18-20-22-24-26-27-28-29-30-31-32-33-34-36-38-40-42-44-46-48-50-52-59(64)70-57(56-69-61(60(65)66)67-54-53-62(3,4)5)55-68-58(63)51-49-47-45-43-41-39-37-35-25-23-21-19-17-15-13-11-9-7-2/h8,10,14,16-17,19-20,22-23,25-27,29-30,32-33,36,38,42,44,57,61H,6-7,9,11-13,15,18,21,24,28,31,34-35,37,39-41,43,45-56H2,1-5H3/p+1/b10-8-,16-14-,19-17-,22-20-,25-23-,27-26-,30-29-,33-32-,38-36-,44-42-. The van der Waals surface area contributed by atoms with E-state index in [-0.39, 0.29) is 38.6 Å². The highest BCUT2D eigenvalue weighted by Gasteiger charge is 2.25. The third kappa shape index (κ3) is 51.5. The van der Waals surface area contributed by atoms with Crippen molar-refractivity contribution in [2.24, 2.45) is 0 Å². The number of rotatable bonds is 48. The van der Waals surface area contributed by atoms with Crippen LogP contribution in [0.15, 0.2) is 122 Å². The zero-order chi connectivity index (χ0) is 51.3. The van der Waals surface area contributed by atoms with Gasteiger partial charge in [-0.15, -0.1) is 0 Å². The lowest BCUT2D eigenvalue weighted by Crippen LogP contribution is -2.40. The molecule has 0 radical (unpaired) electrons. The summed E-state index contributed by atoms with van der Waals surface area (Å²) in [5.74, 6) is -2.09. The topological polar surface area (TPSA) is 108 Å². The van der Waals surface area contributed by atoms with Crippen LogP contribution in [0.3, 0.4) is 0 Å². The predicted molar refractivity (Wildman–Crippen MR) is 294 cm³/mol. The number of hydrogen-bond donors (Lipinski definition) is 1. The van der Waals surface area contributed by atoms with Crippen LogP contribution < -0.4 is 0 Å². The minimum absolute atomic E-state index is 0.170. The number of likely N-dealkylation sites (N-methyl/N-ethyl adjacent to an activating group) is 1. The Balaban J connectivity index is 4.45. The normalized spacial score (nSPS) is 13.8. The van der Waals surface area contributed by atoms with Gasteiger partial charge < -0.3 is 28.5 Å². The summed E-state index contributed by atoms with van der Waals surface area (Å²) < 4.78 is 22.8. The lowest BCUT2D eigenvalue weighted by atomic mass is 10.1. The summed E-state index contributed by atoms with van der Waals surface area (Å²) in [4.78, 5) is 37.3. The van der Waals surface area contributed by atoms with Crippen molar-refractivity contribution in [3.63, 3.8) is 0 Å². The summed E-state index contributed by atoms with van der Waals surface area (Å²) in [6, 6.07) is 0. The first-order valence-electron chi connectivity index (χ1n) is 27.2. The quantitative estimate of drug-likeness (QED) is 0.0211. The molecular formula is C61H100NO8+. The second-order valence-electron chi connectivity index (χ2n) is 18.8. The summed E-state index contributed by atoms with van der Waals surface area (Å²) >= 11 is 0. The fourth-order valence-corrected chi connectivity index (χ4v) is 6.76. The fraction of sp³-hybridized carbons (Fsp3) is 0.623. The van der Waals surface area contributed by atoms with Crippen LogP contribution in [0, 0.1) is 0 Å². The monoisotopic (exact) mass is 975 g/mol. The number of esters is 2. The molecule has 0 aromatic carbocycles. The molecule has 1 N–H and O–H groups in total. The lowest BCUT2D eigenvalue weighted by Gasteiger charge is -2.25. The van der Waals surface area contributed by atoms with Crippen LogP contribution in [0.4, 0.5) is 0 Å². The molecule has 0 saturated carbocycles. The highest BCUT2D eigenvalue weighted by Crippen LogP contribution is 2.13. The molecule has 0 aliphatic rings. The Morgan fingerprint density at radius 1 is 0.443 bits per heavy atom. The van der Waals surface area contributed by atoms with Crippen molar-refractivity contribution in [2.45, 2.75) is 200 Å². The van der Waals surface area contributed by atoms with Crippen LogP contribution in [0.2, 0.25) is 0 Å². The average molecular weight is 975 g/mol. The molecule has 0 spiro atoms. The molecule has 9 nitrogen and oxygen atoms in total. The zero-order valence-corrected chi connectivity index (χ0v) is 44.9. The molecule has 2 atom stereocenters. The maximum absolute atomic E-state index is 12.8. The Hall–Kier alpha value is -4.31. The van der Waals surface area contributed by atoms with Crippen LogP contribution in [0.5, 0.6) is 0 Å². The molecule has 2 unspecified atom stereocenters. The molecule has 0 amide bonds. The highest BCUT2D eigenvalue weighted by molar-refractivity contribution is 5.71. The second-order valence-corrected chi connectivity index (χ2v) is 18.8. The van der Waals surface area contributed by atoms with E-state index in [4.69, 9.17) is 18.9 Å². The summed E-state index contributed by atoms with van der Waals surface area (Å²) in [5.41, 5.74) is 0. The van der Waals surface area contributed by atoms with E-state index in [0.29, 0.717) is 17.4 Å². The highest BCUT2D eigenvalue weighted by atomic mass is 16.7. The first kappa shape index (κ1) is 65.7. The number of quaternary nitrogens is 1. The van der Waals surface area contributed by atoms with Gasteiger partial charge in [-0.1, -0.05) is 187 Å². The molecule has 9 heteroatoms. The number of aliphatic carboxylic acids is 1. The molecule has 0 bridgehead atoms. The number of nitrogens with zero attached hydrogens (tertiary/aromatic N) is 1. The van der Waals surface area contributed by atoms with Gasteiger partial charge >= 0.3 is 17.9 Å². The smallest absolute Gasteiger partial charge is 0.361 e. The summed E-state index contributed by atoms with van der Waals surface area (Å²) in [6.45, 7) is 4.66. The van der Waals surface area contributed by atoms with Crippen molar-refractivity contribution >= 4 is 17.9 Å². The molecule has 0 aromatic rings. The molecule has 0 heterocycles. The van der Waals surface area contributed by atoms with Crippen molar-refractivity contribution in [3.05, 3.63) is 122 Å². The van der Waals surface area contributed by atoms with Gasteiger partial charge in [-0.2, -0.15) is 0 Å². The molecule has 70 heavy (non-hydrogen) atoms. The Morgan fingerprint density at radius 3 is 1.24 bits per heavy atom. The third-order valence-electron chi connectivity index (χ3n) is 11.0. The Kier molecular flexibility index (Phi) is 47.9. The first-order valence-corrected chi connectivity index (χ1v) is 27.2. The largest absolute Gasteiger partial charge is 0.477 e. The van der Waals surface area contributed by atoms with Crippen LogP contribution in [-0.2, 0) is 33.3 Å².